The number of non-ortho nitro benzene ring substituents is 1. The van der Waals surface area contributed by atoms with Crippen LogP contribution in [0, 0.1) is 10.1 Å². The highest BCUT2D eigenvalue weighted by molar-refractivity contribution is 5.98. The highest BCUT2D eigenvalue weighted by Crippen LogP contribution is 2.46. The topological polar surface area (TPSA) is 99.0 Å². The Kier molecular flexibility index (Phi) is 5.60. The minimum atomic E-state index is -0.871. The highest BCUT2D eigenvalue weighted by atomic mass is 16.6. The Morgan fingerprint density at radius 1 is 1.20 bits per heavy atom. The summed E-state index contributed by atoms with van der Waals surface area (Å²) in [5, 5.41) is 11.0. The molecular formula is C22H22N2O6. The maximum atomic E-state index is 12.5. The molecule has 2 aromatic rings. The molecule has 0 radical (unpaired) electrons. The lowest BCUT2D eigenvalue weighted by atomic mass is 9.83. The van der Waals surface area contributed by atoms with Crippen LogP contribution in [0.15, 0.2) is 54.2 Å². The van der Waals surface area contributed by atoms with Crippen LogP contribution in [0.1, 0.15) is 29.8 Å². The van der Waals surface area contributed by atoms with Gasteiger partial charge >= 0.3 is 5.97 Å². The first-order chi connectivity index (χ1) is 14.2. The molecule has 0 spiro atoms. The molecule has 0 amide bonds. The van der Waals surface area contributed by atoms with Gasteiger partial charge in [0.05, 0.1) is 12.0 Å². The Hall–Kier alpha value is -3.68. The average Bonchev–Trinajstić information content (AvgIpc) is 2.92. The van der Waals surface area contributed by atoms with Crippen LogP contribution in [0.5, 0.6) is 5.75 Å². The average molecular weight is 410 g/mol. The van der Waals surface area contributed by atoms with Crippen LogP contribution in [0.4, 0.5) is 11.4 Å². The number of nitro benzene ring substituents is 1. The molecule has 156 valence electrons. The third kappa shape index (κ3) is 3.76. The van der Waals surface area contributed by atoms with Crippen LogP contribution in [0.25, 0.3) is 0 Å². The lowest BCUT2D eigenvalue weighted by molar-refractivity contribution is -0.384. The molecule has 8 nitrogen and oxygen atoms in total. The number of benzene rings is 2. The fraction of sp³-hybridized carbons (Fsp3) is 0.273. The molecule has 1 heterocycles. The molecule has 0 unspecified atom stereocenters. The molecule has 0 saturated carbocycles. The number of fused-ring (bicyclic) bond motifs is 1. The number of nitrogens with zero attached hydrogens (tertiary/aromatic N) is 2. The van der Waals surface area contributed by atoms with Crippen molar-refractivity contribution in [3.05, 3.63) is 75.5 Å². The molecule has 0 N–H and O–H groups in total. The van der Waals surface area contributed by atoms with E-state index in [0.29, 0.717) is 0 Å². The summed E-state index contributed by atoms with van der Waals surface area (Å²) < 4.78 is 10.2. The molecule has 0 bridgehead atoms. The molecule has 0 fully saturated rings. The number of esters is 1. The van der Waals surface area contributed by atoms with Crippen molar-refractivity contribution in [2.75, 3.05) is 25.7 Å². The van der Waals surface area contributed by atoms with E-state index in [1.54, 1.807) is 0 Å². The zero-order valence-electron chi connectivity index (χ0n) is 17.2. The zero-order valence-corrected chi connectivity index (χ0v) is 17.2. The van der Waals surface area contributed by atoms with Gasteiger partial charge < -0.3 is 14.4 Å². The van der Waals surface area contributed by atoms with Gasteiger partial charge in [0, 0.05) is 42.1 Å². The molecule has 8 heteroatoms. The number of likely N-dealkylation sites (N-methyl/N-ethyl adjacent to an activating group) is 1. The van der Waals surface area contributed by atoms with Crippen LogP contribution < -0.4 is 9.64 Å². The van der Waals surface area contributed by atoms with E-state index >= 15 is 0 Å². The van der Waals surface area contributed by atoms with E-state index in [1.165, 1.54) is 25.3 Å². The monoisotopic (exact) mass is 410 g/mol. The van der Waals surface area contributed by atoms with Crippen LogP contribution in [-0.2, 0) is 14.9 Å². The first kappa shape index (κ1) is 21.0. The minimum absolute atomic E-state index is 0.113. The number of hydrogen-bond donors (Lipinski definition) is 0. The van der Waals surface area contributed by atoms with E-state index in [9.17, 15) is 19.7 Å². The third-order valence-corrected chi connectivity index (χ3v) is 5.20. The van der Waals surface area contributed by atoms with Gasteiger partial charge in [-0.1, -0.05) is 32.0 Å². The van der Waals surface area contributed by atoms with Crippen LogP contribution in [-0.4, -0.2) is 37.4 Å². The van der Waals surface area contributed by atoms with Gasteiger partial charge in [-0.25, -0.2) is 4.79 Å². The van der Waals surface area contributed by atoms with Gasteiger partial charge in [-0.05, 0) is 17.7 Å². The SMILES string of the molecule is COc1ccc([N+](=O)[O-])cc1C(=O)OCC(=O)/C=C1/N(C)c2ccccc2C1(C)C. The zero-order chi connectivity index (χ0) is 22.1. The standard InChI is InChI=1S/C22H22N2O6/c1-22(2)17-7-5-6-8-18(17)23(3)20(22)12-15(25)13-30-21(26)16-11-14(24(27)28)9-10-19(16)29-4/h5-12H,13H2,1-4H3/b20-12+. The van der Waals surface area contributed by atoms with Crippen molar-refractivity contribution in [2.24, 2.45) is 0 Å². The van der Waals surface area contributed by atoms with Crippen molar-refractivity contribution >= 4 is 23.1 Å². The molecular weight excluding hydrogens is 388 g/mol. The summed E-state index contributed by atoms with van der Waals surface area (Å²) in [4.78, 5) is 37.2. The maximum Gasteiger partial charge on any atom is 0.342 e. The summed E-state index contributed by atoms with van der Waals surface area (Å²) in [5.41, 5.74) is 2.14. The van der Waals surface area contributed by atoms with Gasteiger partial charge in [0.25, 0.3) is 5.69 Å². The number of para-hydroxylation sites is 1. The molecule has 0 aromatic heterocycles. The van der Waals surface area contributed by atoms with E-state index in [-0.39, 0.29) is 22.4 Å². The summed E-state index contributed by atoms with van der Waals surface area (Å²) in [6, 6.07) is 11.5. The van der Waals surface area contributed by atoms with Gasteiger partial charge in [-0.2, -0.15) is 0 Å². The number of ether oxygens (including phenoxy) is 2. The second-order valence-corrected chi connectivity index (χ2v) is 7.41. The van der Waals surface area contributed by atoms with Gasteiger partial charge in [-0.3, -0.25) is 14.9 Å². The van der Waals surface area contributed by atoms with E-state index < -0.39 is 23.3 Å². The van der Waals surface area contributed by atoms with E-state index in [4.69, 9.17) is 9.47 Å². The molecule has 1 aliphatic heterocycles. The normalized spacial score (nSPS) is 15.6. The Morgan fingerprint density at radius 2 is 1.90 bits per heavy atom. The van der Waals surface area contributed by atoms with Crippen molar-refractivity contribution in [3.8, 4) is 5.75 Å². The molecule has 2 aromatic carbocycles. The molecule has 3 rings (SSSR count). The van der Waals surface area contributed by atoms with E-state index in [0.717, 1.165) is 23.0 Å². The summed E-state index contributed by atoms with van der Waals surface area (Å²) in [7, 11) is 3.22. The minimum Gasteiger partial charge on any atom is -0.496 e. The number of carbonyl (C=O) groups is 2. The largest absolute Gasteiger partial charge is 0.496 e. The molecule has 1 aliphatic rings. The smallest absolute Gasteiger partial charge is 0.342 e. The van der Waals surface area contributed by atoms with Crippen molar-refractivity contribution < 1.29 is 24.0 Å². The summed E-state index contributed by atoms with van der Waals surface area (Å²) >= 11 is 0. The lowest BCUT2D eigenvalue weighted by Gasteiger charge is -2.23. The number of methoxy groups -OCH3 is 1. The quantitative estimate of drug-likeness (QED) is 0.310. The van der Waals surface area contributed by atoms with Crippen LogP contribution >= 0.6 is 0 Å². The predicted octanol–water partition coefficient (Wildman–Crippen LogP) is 3.64. The van der Waals surface area contributed by atoms with Crippen molar-refractivity contribution in [3.63, 3.8) is 0 Å². The Labute approximate surface area is 173 Å². The fourth-order valence-corrected chi connectivity index (χ4v) is 3.64. The molecule has 0 aliphatic carbocycles. The first-order valence-electron chi connectivity index (χ1n) is 9.24. The van der Waals surface area contributed by atoms with E-state index in [1.807, 2.05) is 50.1 Å². The van der Waals surface area contributed by atoms with E-state index in [2.05, 4.69) is 0 Å². The number of ketones is 1. The van der Waals surface area contributed by atoms with Crippen molar-refractivity contribution in [1.82, 2.24) is 0 Å². The second kappa shape index (κ2) is 7.98. The Balaban J connectivity index is 1.76. The lowest BCUT2D eigenvalue weighted by Crippen LogP contribution is -2.25. The highest BCUT2D eigenvalue weighted by Gasteiger charge is 2.38. The predicted molar refractivity (Wildman–Crippen MR) is 111 cm³/mol. The van der Waals surface area contributed by atoms with Gasteiger partial charge in [0.15, 0.2) is 12.4 Å². The van der Waals surface area contributed by atoms with Gasteiger partial charge in [-0.15, -0.1) is 0 Å². The number of hydrogen-bond acceptors (Lipinski definition) is 7. The number of carbonyl (C=O) groups excluding carboxylic acids is 2. The number of anilines is 1. The molecule has 30 heavy (non-hydrogen) atoms. The summed E-state index contributed by atoms with van der Waals surface area (Å²) in [6.07, 6.45) is 1.47. The maximum absolute atomic E-state index is 12.5. The molecule has 0 atom stereocenters. The Bertz CT molecular complexity index is 1060. The Morgan fingerprint density at radius 3 is 2.53 bits per heavy atom. The first-order valence-corrected chi connectivity index (χ1v) is 9.24. The molecule has 0 saturated heterocycles. The summed E-state index contributed by atoms with van der Waals surface area (Å²) in [6.45, 7) is 3.55. The van der Waals surface area contributed by atoms with Crippen LogP contribution in [0.3, 0.4) is 0 Å². The number of nitro groups is 1. The fourth-order valence-electron chi connectivity index (χ4n) is 3.64. The second-order valence-electron chi connectivity index (χ2n) is 7.41. The van der Waals surface area contributed by atoms with Gasteiger partial charge in [0.2, 0.25) is 0 Å². The van der Waals surface area contributed by atoms with Crippen molar-refractivity contribution in [1.29, 1.82) is 0 Å². The summed E-state index contributed by atoms with van der Waals surface area (Å²) in [5.74, 6) is -1.14. The third-order valence-electron chi connectivity index (χ3n) is 5.20. The number of allylic oxidation sites excluding steroid dienone is 1. The van der Waals surface area contributed by atoms with Crippen LogP contribution in [0.2, 0.25) is 0 Å². The van der Waals surface area contributed by atoms with Gasteiger partial charge in [0.1, 0.15) is 11.3 Å². The van der Waals surface area contributed by atoms with Crippen molar-refractivity contribution in [2.45, 2.75) is 19.3 Å². The number of rotatable bonds is 6.